The van der Waals surface area contributed by atoms with E-state index in [1.54, 1.807) is 6.92 Å². The summed E-state index contributed by atoms with van der Waals surface area (Å²) in [7, 11) is 0. The number of piperidine rings is 1. The lowest BCUT2D eigenvalue weighted by Crippen LogP contribution is -2.46. The van der Waals surface area contributed by atoms with Crippen LogP contribution in [0.2, 0.25) is 0 Å². The van der Waals surface area contributed by atoms with Gasteiger partial charge < -0.3 is 16.0 Å². The molecule has 3 N–H and O–H groups in total. The number of rotatable bonds is 6. The smallest absolute Gasteiger partial charge is 0.220 e. The molecule has 1 heterocycles. The highest BCUT2D eigenvalue weighted by atomic mass is 16.2. The Morgan fingerprint density at radius 3 is 2.35 bits per heavy atom. The first-order valence-corrected chi connectivity index (χ1v) is 7.67. The lowest BCUT2D eigenvalue weighted by molar-refractivity contribution is -0.130. The van der Waals surface area contributed by atoms with Crippen molar-refractivity contribution in [2.45, 2.75) is 52.5 Å². The van der Waals surface area contributed by atoms with Crippen LogP contribution < -0.4 is 11.1 Å². The summed E-state index contributed by atoms with van der Waals surface area (Å²) in [5, 5.41) is 3.08. The monoisotopic (exact) mass is 283 g/mol. The predicted molar refractivity (Wildman–Crippen MR) is 80.0 cm³/mol. The first-order chi connectivity index (χ1) is 9.42. The van der Waals surface area contributed by atoms with E-state index < -0.39 is 0 Å². The number of nitrogens with one attached hydrogen (secondary N) is 1. The van der Waals surface area contributed by atoms with Gasteiger partial charge in [0.1, 0.15) is 0 Å². The Labute approximate surface area is 122 Å². The molecule has 1 rings (SSSR count). The summed E-state index contributed by atoms with van der Waals surface area (Å²) in [6.45, 7) is 7.94. The minimum atomic E-state index is 0.0994. The third-order valence-electron chi connectivity index (χ3n) is 3.92. The van der Waals surface area contributed by atoms with E-state index in [0.717, 1.165) is 32.4 Å². The highest BCUT2D eigenvalue weighted by Crippen LogP contribution is 2.15. The van der Waals surface area contributed by atoms with Gasteiger partial charge in [0.25, 0.3) is 0 Å². The van der Waals surface area contributed by atoms with E-state index in [9.17, 15) is 9.59 Å². The van der Waals surface area contributed by atoms with Gasteiger partial charge in [-0.05, 0) is 37.6 Å². The van der Waals surface area contributed by atoms with Gasteiger partial charge in [-0.25, -0.2) is 0 Å². The van der Waals surface area contributed by atoms with Gasteiger partial charge >= 0.3 is 0 Å². The minimum absolute atomic E-state index is 0.0994. The molecule has 0 spiro atoms. The number of nitrogens with two attached hydrogens (primary N) is 1. The van der Waals surface area contributed by atoms with E-state index in [4.69, 9.17) is 5.73 Å². The van der Waals surface area contributed by atoms with E-state index in [-0.39, 0.29) is 23.8 Å². The summed E-state index contributed by atoms with van der Waals surface area (Å²) in [4.78, 5) is 25.1. The molecule has 0 aliphatic carbocycles. The van der Waals surface area contributed by atoms with Crippen LogP contribution in [-0.4, -0.2) is 42.4 Å². The number of hydrogen-bond acceptors (Lipinski definition) is 3. The molecule has 2 amide bonds. The molecule has 1 aliphatic rings. The Bertz CT molecular complexity index is 323. The van der Waals surface area contributed by atoms with Gasteiger partial charge in [-0.15, -0.1) is 0 Å². The maximum atomic E-state index is 12.0. The molecule has 5 nitrogen and oxygen atoms in total. The molecular formula is C15H29N3O2. The average Bonchev–Trinajstić information content (AvgIpc) is 2.37. The van der Waals surface area contributed by atoms with Gasteiger partial charge in [0.15, 0.2) is 0 Å². The minimum Gasteiger partial charge on any atom is -0.353 e. The highest BCUT2D eigenvalue weighted by molar-refractivity contribution is 5.76. The summed E-state index contributed by atoms with van der Waals surface area (Å²) in [5.74, 6) is 1.06. The Morgan fingerprint density at radius 1 is 1.30 bits per heavy atom. The molecular weight excluding hydrogens is 254 g/mol. The fraction of sp³-hybridized carbons (Fsp3) is 0.867. The number of hydrogen-bond donors (Lipinski definition) is 2. The third-order valence-corrected chi connectivity index (χ3v) is 3.92. The molecule has 20 heavy (non-hydrogen) atoms. The summed E-state index contributed by atoms with van der Waals surface area (Å²) >= 11 is 0. The molecule has 0 aromatic carbocycles. The van der Waals surface area contributed by atoms with Crippen LogP contribution in [0.25, 0.3) is 0 Å². The first kappa shape index (κ1) is 17.0. The molecule has 1 atom stereocenters. The second-order valence-electron chi connectivity index (χ2n) is 6.28. The number of likely N-dealkylation sites (tertiary alicyclic amines) is 1. The van der Waals surface area contributed by atoms with E-state index in [2.05, 4.69) is 19.2 Å². The fourth-order valence-electron chi connectivity index (χ4n) is 2.82. The van der Waals surface area contributed by atoms with Crippen molar-refractivity contribution in [1.29, 1.82) is 0 Å². The number of carbonyl (C=O) groups excluding carboxylic acids is 2. The van der Waals surface area contributed by atoms with Crippen LogP contribution in [0.1, 0.15) is 46.5 Å². The molecule has 1 aliphatic heterocycles. The summed E-state index contributed by atoms with van der Waals surface area (Å²) in [6, 6.07) is 0.204. The van der Waals surface area contributed by atoms with Crippen LogP contribution in [0.3, 0.4) is 0 Å². The fourth-order valence-corrected chi connectivity index (χ4v) is 2.82. The number of amides is 2. The first-order valence-electron chi connectivity index (χ1n) is 7.67. The van der Waals surface area contributed by atoms with Gasteiger partial charge in [0.2, 0.25) is 11.8 Å². The zero-order valence-corrected chi connectivity index (χ0v) is 13.0. The Hall–Kier alpha value is -1.10. The number of nitrogens with zero attached hydrogens (tertiary/aromatic N) is 1. The number of carbonyl (C=O) groups is 2. The van der Waals surface area contributed by atoms with E-state index in [1.807, 2.05) is 4.90 Å². The van der Waals surface area contributed by atoms with Crippen LogP contribution in [-0.2, 0) is 9.59 Å². The van der Waals surface area contributed by atoms with Crippen LogP contribution in [0.4, 0.5) is 0 Å². The molecule has 1 fully saturated rings. The molecule has 0 radical (unpaired) electrons. The second-order valence-corrected chi connectivity index (χ2v) is 6.28. The maximum absolute atomic E-state index is 12.0. The van der Waals surface area contributed by atoms with Crippen molar-refractivity contribution in [1.82, 2.24) is 10.2 Å². The third kappa shape index (κ3) is 5.90. The van der Waals surface area contributed by atoms with Crippen molar-refractivity contribution in [2.75, 3.05) is 19.6 Å². The van der Waals surface area contributed by atoms with Gasteiger partial charge in [-0.3, -0.25) is 9.59 Å². The van der Waals surface area contributed by atoms with Crippen molar-refractivity contribution < 1.29 is 9.59 Å². The maximum Gasteiger partial charge on any atom is 0.220 e. The summed E-state index contributed by atoms with van der Waals surface area (Å²) in [6.07, 6.45) is 3.21. The van der Waals surface area contributed by atoms with Crippen molar-refractivity contribution in [3.63, 3.8) is 0 Å². The van der Waals surface area contributed by atoms with Crippen molar-refractivity contribution in [3.8, 4) is 0 Å². The van der Waals surface area contributed by atoms with Crippen LogP contribution >= 0.6 is 0 Å². The van der Waals surface area contributed by atoms with Crippen LogP contribution in [0, 0.1) is 11.8 Å². The van der Waals surface area contributed by atoms with Crippen LogP contribution in [0.5, 0.6) is 0 Å². The van der Waals surface area contributed by atoms with Gasteiger partial charge in [-0.1, -0.05) is 13.8 Å². The van der Waals surface area contributed by atoms with Gasteiger partial charge in [0, 0.05) is 32.5 Å². The molecule has 5 heteroatoms. The molecule has 1 unspecified atom stereocenters. The van der Waals surface area contributed by atoms with Crippen molar-refractivity contribution in [3.05, 3.63) is 0 Å². The average molecular weight is 283 g/mol. The largest absolute Gasteiger partial charge is 0.353 e. The standard InChI is InChI=1S/C15H29N3O2/c1-11(2)8-13(10-16)9-15(20)17-14-4-6-18(7-5-14)12(3)19/h11,13-14H,4-10,16H2,1-3H3,(H,17,20). The van der Waals surface area contributed by atoms with Gasteiger partial charge in [0.05, 0.1) is 0 Å². The molecule has 0 aromatic heterocycles. The molecule has 1 saturated heterocycles. The summed E-state index contributed by atoms with van der Waals surface area (Å²) < 4.78 is 0. The SMILES string of the molecule is CC(=O)N1CCC(NC(=O)CC(CN)CC(C)C)CC1. The lowest BCUT2D eigenvalue weighted by atomic mass is 9.93. The topological polar surface area (TPSA) is 75.4 Å². The van der Waals surface area contributed by atoms with Gasteiger partial charge in [-0.2, -0.15) is 0 Å². The predicted octanol–water partition coefficient (Wildman–Crippen LogP) is 1.12. The van der Waals surface area contributed by atoms with Crippen molar-refractivity contribution >= 4 is 11.8 Å². The van der Waals surface area contributed by atoms with Crippen molar-refractivity contribution in [2.24, 2.45) is 17.6 Å². The van der Waals surface area contributed by atoms with E-state index >= 15 is 0 Å². The van der Waals surface area contributed by atoms with E-state index in [1.165, 1.54) is 0 Å². The lowest BCUT2D eigenvalue weighted by Gasteiger charge is -2.32. The molecule has 0 saturated carbocycles. The van der Waals surface area contributed by atoms with E-state index in [0.29, 0.717) is 18.9 Å². The second kappa shape index (κ2) is 8.25. The molecule has 116 valence electrons. The Balaban J connectivity index is 2.30. The van der Waals surface area contributed by atoms with Crippen LogP contribution in [0.15, 0.2) is 0 Å². The molecule has 0 aromatic rings. The zero-order valence-electron chi connectivity index (χ0n) is 13.0. The Kier molecular flexibility index (Phi) is 6.99. The highest BCUT2D eigenvalue weighted by Gasteiger charge is 2.23. The normalized spacial score (nSPS) is 18.1. The molecule has 0 bridgehead atoms. The summed E-state index contributed by atoms with van der Waals surface area (Å²) in [5.41, 5.74) is 5.73. The quantitative estimate of drug-likeness (QED) is 0.767. The Morgan fingerprint density at radius 2 is 1.90 bits per heavy atom. The zero-order chi connectivity index (χ0) is 15.1.